The van der Waals surface area contributed by atoms with Crippen LogP contribution in [0.25, 0.3) is 0 Å². The summed E-state index contributed by atoms with van der Waals surface area (Å²) in [6.07, 6.45) is 3.84. The lowest BCUT2D eigenvalue weighted by atomic mass is 10.0. The Bertz CT molecular complexity index is 503. The number of fused-ring (bicyclic) bond motifs is 1. The summed E-state index contributed by atoms with van der Waals surface area (Å²) >= 11 is 0. The van der Waals surface area contributed by atoms with Crippen molar-refractivity contribution in [3.63, 3.8) is 0 Å². The minimum atomic E-state index is 0.0287. The average Bonchev–Trinajstić information content (AvgIpc) is 2.99. The molecule has 1 aliphatic carbocycles. The summed E-state index contributed by atoms with van der Waals surface area (Å²) in [6.45, 7) is 4.21. The third kappa shape index (κ3) is 2.23. The predicted octanol–water partition coefficient (Wildman–Crippen LogP) is 2.54. The number of nitrogens with zero attached hydrogens (tertiary/aromatic N) is 1. The number of hydrogen-bond acceptors (Lipinski definition) is 3. The van der Waals surface area contributed by atoms with E-state index in [0.717, 1.165) is 13.1 Å². The van der Waals surface area contributed by atoms with Crippen molar-refractivity contribution in [2.75, 3.05) is 25.4 Å². The predicted molar refractivity (Wildman–Crippen MR) is 78.8 cm³/mol. The number of anilines is 1. The van der Waals surface area contributed by atoms with Crippen molar-refractivity contribution in [1.82, 2.24) is 4.90 Å². The number of nitrogens with two attached hydrogens (primary N) is 1. The number of benzene rings is 1. The molecule has 4 nitrogen and oxygen atoms in total. The van der Waals surface area contributed by atoms with Crippen molar-refractivity contribution >= 4 is 11.6 Å². The fraction of sp³-hybridized carbons (Fsp3) is 0.562. The van der Waals surface area contributed by atoms with E-state index in [2.05, 4.69) is 0 Å². The van der Waals surface area contributed by atoms with E-state index in [1.165, 1.54) is 19.3 Å². The zero-order valence-corrected chi connectivity index (χ0v) is 12.0. The van der Waals surface area contributed by atoms with E-state index < -0.39 is 0 Å². The number of nitrogen functional groups attached to an aromatic ring is 1. The number of ether oxygens (including phenoxy) is 1. The van der Waals surface area contributed by atoms with Crippen LogP contribution in [0.2, 0.25) is 0 Å². The molecule has 2 fully saturated rings. The normalized spacial score (nSPS) is 24.8. The van der Waals surface area contributed by atoms with Crippen LogP contribution in [0.1, 0.15) is 36.5 Å². The van der Waals surface area contributed by atoms with Crippen LogP contribution in [0.5, 0.6) is 5.75 Å². The van der Waals surface area contributed by atoms with Gasteiger partial charge in [0.05, 0.1) is 6.61 Å². The highest BCUT2D eigenvalue weighted by molar-refractivity contribution is 6.02. The van der Waals surface area contributed by atoms with Gasteiger partial charge < -0.3 is 15.4 Å². The third-order valence-corrected chi connectivity index (χ3v) is 4.59. The maximum Gasteiger partial charge on any atom is 0.259 e. The summed E-state index contributed by atoms with van der Waals surface area (Å²) in [4.78, 5) is 14.7. The quantitative estimate of drug-likeness (QED) is 0.862. The molecular formula is C16H22N2O2. The van der Waals surface area contributed by atoms with Crippen molar-refractivity contribution in [2.45, 2.75) is 26.2 Å². The average molecular weight is 274 g/mol. The second-order valence-corrected chi connectivity index (χ2v) is 5.81. The third-order valence-electron chi connectivity index (χ3n) is 4.59. The van der Waals surface area contributed by atoms with Gasteiger partial charge >= 0.3 is 0 Å². The molecule has 1 heterocycles. The number of hydrogen-bond donors (Lipinski definition) is 1. The summed E-state index contributed by atoms with van der Waals surface area (Å²) in [5.41, 5.74) is 7.06. The van der Waals surface area contributed by atoms with Gasteiger partial charge in [-0.3, -0.25) is 4.79 Å². The number of amides is 1. The van der Waals surface area contributed by atoms with Gasteiger partial charge in [-0.15, -0.1) is 0 Å². The highest BCUT2D eigenvalue weighted by Crippen LogP contribution is 2.39. The first-order valence-electron chi connectivity index (χ1n) is 7.51. The first kappa shape index (κ1) is 13.3. The summed E-state index contributed by atoms with van der Waals surface area (Å²) < 4.78 is 5.57. The molecule has 2 N–H and O–H groups in total. The maximum absolute atomic E-state index is 12.8. The Morgan fingerprint density at radius 1 is 1.35 bits per heavy atom. The molecule has 20 heavy (non-hydrogen) atoms. The molecule has 1 aromatic rings. The molecule has 2 unspecified atom stereocenters. The minimum Gasteiger partial charge on any atom is -0.493 e. The fourth-order valence-electron chi connectivity index (χ4n) is 3.61. The van der Waals surface area contributed by atoms with E-state index in [9.17, 15) is 4.79 Å². The second kappa shape index (κ2) is 5.35. The van der Waals surface area contributed by atoms with Crippen LogP contribution in [0.4, 0.5) is 5.69 Å². The Balaban J connectivity index is 1.84. The molecular weight excluding hydrogens is 252 g/mol. The zero-order valence-electron chi connectivity index (χ0n) is 12.0. The van der Waals surface area contributed by atoms with Crippen LogP contribution in [-0.2, 0) is 0 Å². The number of carbonyl (C=O) groups is 1. The standard InChI is InChI=1S/C16H22N2O2/c1-2-20-14-8-4-7-13(17)15(14)16(19)18-9-11-5-3-6-12(11)10-18/h4,7-8,11-12H,2-3,5-6,9-10,17H2,1H3. The Labute approximate surface area is 119 Å². The van der Waals surface area contributed by atoms with E-state index in [1.807, 2.05) is 24.0 Å². The molecule has 1 saturated carbocycles. The van der Waals surface area contributed by atoms with Gasteiger partial charge in [-0.2, -0.15) is 0 Å². The number of likely N-dealkylation sites (tertiary alicyclic amines) is 1. The lowest BCUT2D eigenvalue weighted by molar-refractivity contribution is 0.0777. The van der Waals surface area contributed by atoms with Gasteiger partial charge in [0.25, 0.3) is 5.91 Å². The number of carbonyl (C=O) groups excluding carboxylic acids is 1. The van der Waals surface area contributed by atoms with Crippen molar-refractivity contribution in [1.29, 1.82) is 0 Å². The van der Waals surface area contributed by atoms with Crippen molar-refractivity contribution in [2.24, 2.45) is 11.8 Å². The molecule has 2 aliphatic rings. The van der Waals surface area contributed by atoms with Gasteiger partial charge in [-0.1, -0.05) is 12.5 Å². The molecule has 1 aromatic carbocycles. The van der Waals surface area contributed by atoms with Crippen LogP contribution in [0.3, 0.4) is 0 Å². The summed E-state index contributed by atoms with van der Waals surface area (Å²) in [7, 11) is 0. The van der Waals surface area contributed by atoms with Crippen LogP contribution in [0.15, 0.2) is 18.2 Å². The number of rotatable bonds is 3. The van der Waals surface area contributed by atoms with E-state index >= 15 is 0 Å². The Morgan fingerprint density at radius 2 is 2.05 bits per heavy atom. The lowest BCUT2D eigenvalue weighted by Crippen LogP contribution is -2.30. The highest BCUT2D eigenvalue weighted by atomic mass is 16.5. The van der Waals surface area contributed by atoms with Gasteiger partial charge in [0.2, 0.25) is 0 Å². The molecule has 1 aliphatic heterocycles. The van der Waals surface area contributed by atoms with Crippen molar-refractivity contribution < 1.29 is 9.53 Å². The summed E-state index contributed by atoms with van der Waals surface area (Å²) in [5, 5.41) is 0. The van der Waals surface area contributed by atoms with Crippen LogP contribution in [-0.4, -0.2) is 30.5 Å². The van der Waals surface area contributed by atoms with Gasteiger partial charge in [0.15, 0.2) is 0 Å². The molecule has 2 atom stereocenters. The van der Waals surface area contributed by atoms with Gasteiger partial charge in [-0.05, 0) is 43.7 Å². The Hall–Kier alpha value is -1.71. The van der Waals surface area contributed by atoms with E-state index in [1.54, 1.807) is 6.07 Å². The second-order valence-electron chi connectivity index (χ2n) is 5.81. The van der Waals surface area contributed by atoms with Crippen molar-refractivity contribution in [3.8, 4) is 5.75 Å². The molecule has 0 spiro atoms. The molecule has 4 heteroatoms. The molecule has 108 valence electrons. The van der Waals surface area contributed by atoms with E-state index in [-0.39, 0.29) is 5.91 Å². The molecule has 0 aromatic heterocycles. The van der Waals surface area contributed by atoms with E-state index in [4.69, 9.17) is 10.5 Å². The zero-order chi connectivity index (χ0) is 14.1. The maximum atomic E-state index is 12.8. The van der Waals surface area contributed by atoms with Crippen LogP contribution >= 0.6 is 0 Å². The van der Waals surface area contributed by atoms with E-state index in [0.29, 0.717) is 35.4 Å². The molecule has 3 rings (SSSR count). The largest absolute Gasteiger partial charge is 0.493 e. The lowest BCUT2D eigenvalue weighted by Gasteiger charge is -2.20. The SMILES string of the molecule is CCOc1cccc(N)c1C(=O)N1CC2CCCC2C1. The molecule has 0 bridgehead atoms. The topological polar surface area (TPSA) is 55.6 Å². The van der Waals surface area contributed by atoms with Gasteiger partial charge in [-0.25, -0.2) is 0 Å². The smallest absolute Gasteiger partial charge is 0.259 e. The summed E-state index contributed by atoms with van der Waals surface area (Å²) in [5.74, 6) is 2.02. The monoisotopic (exact) mass is 274 g/mol. The molecule has 1 saturated heterocycles. The van der Waals surface area contributed by atoms with Crippen molar-refractivity contribution in [3.05, 3.63) is 23.8 Å². The Kier molecular flexibility index (Phi) is 3.55. The highest BCUT2D eigenvalue weighted by Gasteiger charge is 2.39. The summed E-state index contributed by atoms with van der Waals surface area (Å²) in [6, 6.07) is 5.42. The van der Waals surface area contributed by atoms with Gasteiger partial charge in [0, 0.05) is 18.8 Å². The van der Waals surface area contributed by atoms with Gasteiger partial charge in [0.1, 0.15) is 11.3 Å². The molecule has 1 amide bonds. The minimum absolute atomic E-state index is 0.0287. The fourth-order valence-corrected chi connectivity index (χ4v) is 3.61. The first-order chi connectivity index (χ1) is 9.70. The van der Waals surface area contributed by atoms with Crippen LogP contribution in [0, 0.1) is 11.8 Å². The first-order valence-corrected chi connectivity index (χ1v) is 7.51. The Morgan fingerprint density at radius 3 is 2.70 bits per heavy atom. The molecule has 0 radical (unpaired) electrons. The van der Waals surface area contributed by atoms with Crippen LogP contribution < -0.4 is 10.5 Å².